The van der Waals surface area contributed by atoms with Crippen molar-refractivity contribution in [3.8, 4) is 0 Å². The average Bonchev–Trinajstić information content (AvgIpc) is 3.26. The highest BCUT2D eigenvalue weighted by atomic mass is 16.5. The molecule has 0 spiro atoms. The van der Waals surface area contributed by atoms with Gasteiger partial charge in [0.15, 0.2) is 11.5 Å². The van der Waals surface area contributed by atoms with Crippen molar-refractivity contribution < 1.29 is 4.52 Å². The van der Waals surface area contributed by atoms with Gasteiger partial charge >= 0.3 is 0 Å². The first-order valence-corrected chi connectivity index (χ1v) is 7.93. The third-order valence-electron chi connectivity index (χ3n) is 4.29. The zero-order valence-electron chi connectivity index (χ0n) is 13.5. The van der Waals surface area contributed by atoms with Crippen LogP contribution in [0.3, 0.4) is 0 Å². The van der Waals surface area contributed by atoms with Crippen LogP contribution >= 0.6 is 0 Å². The zero-order valence-corrected chi connectivity index (χ0v) is 13.5. The summed E-state index contributed by atoms with van der Waals surface area (Å²) in [5.41, 5.74) is 0.848. The normalized spacial score (nSPS) is 18.2. The summed E-state index contributed by atoms with van der Waals surface area (Å²) in [6, 6.07) is 0.0942. The van der Waals surface area contributed by atoms with E-state index in [2.05, 4.69) is 30.1 Å². The Morgan fingerprint density at radius 2 is 2.17 bits per heavy atom. The fourth-order valence-electron chi connectivity index (χ4n) is 3.17. The molecule has 1 aliphatic heterocycles. The molecule has 0 N–H and O–H groups in total. The molecule has 0 aliphatic carbocycles. The van der Waals surface area contributed by atoms with Crippen LogP contribution in [0, 0.1) is 6.92 Å². The summed E-state index contributed by atoms with van der Waals surface area (Å²) < 4.78 is 7.07. The van der Waals surface area contributed by atoms with Crippen molar-refractivity contribution in [2.75, 3.05) is 11.4 Å². The highest BCUT2D eigenvalue weighted by Crippen LogP contribution is 2.36. The molecule has 0 radical (unpaired) electrons. The molecule has 4 heterocycles. The molecule has 0 amide bonds. The molecule has 1 atom stereocenters. The van der Waals surface area contributed by atoms with Crippen LogP contribution in [0.4, 0.5) is 5.82 Å². The summed E-state index contributed by atoms with van der Waals surface area (Å²) in [4.78, 5) is 15.9. The van der Waals surface area contributed by atoms with Gasteiger partial charge in [-0.25, -0.2) is 9.97 Å². The van der Waals surface area contributed by atoms with Gasteiger partial charge < -0.3 is 9.42 Å². The van der Waals surface area contributed by atoms with Gasteiger partial charge in [0.25, 0.3) is 0 Å². The first-order chi connectivity index (χ1) is 11.2. The van der Waals surface area contributed by atoms with Gasteiger partial charge in [0.1, 0.15) is 11.6 Å². The highest BCUT2D eigenvalue weighted by molar-refractivity contribution is 5.87. The summed E-state index contributed by atoms with van der Waals surface area (Å²) in [6.07, 6.45) is 4.64. The number of aromatic nitrogens is 6. The molecule has 23 heavy (non-hydrogen) atoms. The molecule has 120 valence electrons. The number of nitrogens with zero attached hydrogens (tertiary/aromatic N) is 7. The quantitative estimate of drug-likeness (QED) is 0.730. The van der Waals surface area contributed by atoms with E-state index in [1.165, 1.54) is 0 Å². The van der Waals surface area contributed by atoms with Crippen LogP contribution in [0.5, 0.6) is 0 Å². The lowest BCUT2D eigenvalue weighted by molar-refractivity contribution is 0.373. The molecule has 8 heteroatoms. The maximum atomic E-state index is 5.29. The molecular weight excluding hydrogens is 294 g/mol. The Morgan fingerprint density at radius 1 is 1.30 bits per heavy atom. The van der Waals surface area contributed by atoms with Gasteiger partial charge in [-0.05, 0) is 19.8 Å². The summed E-state index contributed by atoms with van der Waals surface area (Å²) in [7, 11) is 1.90. The third kappa shape index (κ3) is 2.25. The molecule has 4 rings (SSSR count). The minimum Gasteiger partial charge on any atom is -0.345 e. The van der Waals surface area contributed by atoms with Crippen LogP contribution in [0.2, 0.25) is 0 Å². The van der Waals surface area contributed by atoms with Crippen molar-refractivity contribution in [3.05, 3.63) is 23.7 Å². The van der Waals surface area contributed by atoms with Crippen LogP contribution in [0.25, 0.3) is 11.0 Å². The van der Waals surface area contributed by atoms with Gasteiger partial charge in [-0.15, -0.1) is 0 Å². The molecule has 1 fully saturated rings. The molecule has 3 aromatic rings. The maximum Gasteiger partial charge on any atom is 0.226 e. The monoisotopic (exact) mass is 313 g/mol. The topological polar surface area (TPSA) is 85.8 Å². The first-order valence-electron chi connectivity index (χ1n) is 7.93. The number of hydrogen-bond acceptors (Lipinski definition) is 7. The average molecular weight is 313 g/mol. The maximum absolute atomic E-state index is 5.29. The smallest absolute Gasteiger partial charge is 0.226 e. The van der Waals surface area contributed by atoms with Crippen LogP contribution in [-0.2, 0) is 13.5 Å². The Morgan fingerprint density at radius 3 is 2.96 bits per heavy atom. The van der Waals surface area contributed by atoms with E-state index in [1.807, 2.05) is 27.1 Å². The lowest BCUT2D eigenvalue weighted by atomic mass is 10.2. The second-order valence-corrected chi connectivity index (χ2v) is 5.85. The fraction of sp³-hybridized carbons (Fsp3) is 0.533. The summed E-state index contributed by atoms with van der Waals surface area (Å²) >= 11 is 0. The molecule has 1 aliphatic rings. The largest absolute Gasteiger partial charge is 0.345 e. The Hall–Kier alpha value is -2.51. The predicted octanol–water partition coefficient (Wildman–Crippen LogP) is 1.96. The van der Waals surface area contributed by atoms with Crippen LogP contribution in [0.1, 0.15) is 43.3 Å². The van der Waals surface area contributed by atoms with Gasteiger partial charge in [-0.2, -0.15) is 10.1 Å². The zero-order chi connectivity index (χ0) is 16.0. The van der Waals surface area contributed by atoms with E-state index in [1.54, 1.807) is 4.68 Å². The van der Waals surface area contributed by atoms with Crippen LogP contribution in [0.15, 0.2) is 10.7 Å². The molecule has 3 aromatic heterocycles. The van der Waals surface area contributed by atoms with E-state index < -0.39 is 0 Å². The van der Waals surface area contributed by atoms with E-state index in [0.717, 1.165) is 54.3 Å². The minimum atomic E-state index is 0.0942. The third-order valence-corrected chi connectivity index (χ3v) is 4.29. The van der Waals surface area contributed by atoms with Crippen molar-refractivity contribution in [1.29, 1.82) is 0 Å². The van der Waals surface area contributed by atoms with E-state index in [4.69, 9.17) is 4.52 Å². The lowest BCUT2D eigenvalue weighted by Crippen LogP contribution is -2.25. The van der Waals surface area contributed by atoms with Gasteiger partial charge in [0.05, 0.1) is 17.6 Å². The molecule has 0 saturated carbocycles. The predicted molar refractivity (Wildman–Crippen MR) is 84.0 cm³/mol. The number of anilines is 1. The summed E-state index contributed by atoms with van der Waals surface area (Å²) in [6.45, 7) is 4.84. The Kier molecular flexibility index (Phi) is 3.24. The molecule has 1 saturated heterocycles. The number of rotatable bonds is 3. The first kappa shape index (κ1) is 14.1. The SMILES string of the molecule is CCc1nc([C@H]2CCCN2c2nc(C)nc3c2cnn3C)no1. The van der Waals surface area contributed by atoms with Gasteiger partial charge in [-0.3, -0.25) is 4.68 Å². The van der Waals surface area contributed by atoms with Crippen molar-refractivity contribution in [1.82, 2.24) is 29.9 Å². The van der Waals surface area contributed by atoms with E-state index in [-0.39, 0.29) is 6.04 Å². The summed E-state index contributed by atoms with van der Waals surface area (Å²) in [5.74, 6) is 3.07. The number of fused-ring (bicyclic) bond motifs is 1. The van der Waals surface area contributed by atoms with E-state index in [0.29, 0.717) is 5.89 Å². The van der Waals surface area contributed by atoms with E-state index >= 15 is 0 Å². The second-order valence-electron chi connectivity index (χ2n) is 5.85. The van der Waals surface area contributed by atoms with Crippen molar-refractivity contribution in [2.24, 2.45) is 7.05 Å². The molecule has 8 nitrogen and oxygen atoms in total. The minimum absolute atomic E-state index is 0.0942. The fourth-order valence-corrected chi connectivity index (χ4v) is 3.17. The molecule has 0 aromatic carbocycles. The van der Waals surface area contributed by atoms with Gasteiger partial charge in [-0.1, -0.05) is 12.1 Å². The van der Waals surface area contributed by atoms with Crippen LogP contribution < -0.4 is 4.90 Å². The molecule has 0 bridgehead atoms. The lowest BCUT2D eigenvalue weighted by Gasteiger charge is -2.24. The van der Waals surface area contributed by atoms with E-state index in [9.17, 15) is 0 Å². The van der Waals surface area contributed by atoms with Gasteiger partial charge in [0.2, 0.25) is 5.89 Å². The van der Waals surface area contributed by atoms with Crippen molar-refractivity contribution in [2.45, 2.75) is 39.2 Å². The van der Waals surface area contributed by atoms with Gasteiger partial charge in [0, 0.05) is 20.0 Å². The van der Waals surface area contributed by atoms with Crippen molar-refractivity contribution in [3.63, 3.8) is 0 Å². The summed E-state index contributed by atoms with van der Waals surface area (Å²) in [5, 5.41) is 9.44. The number of aryl methyl sites for hydroxylation is 3. The highest BCUT2D eigenvalue weighted by Gasteiger charge is 2.32. The Bertz CT molecular complexity index is 853. The molecule has 0 unspecified atom stereocenters. The number of hydrogen-bond donors (Lipinski definition) is 0. The van der Waals surface area contributed by atoms with Crippen molar-refractivity contribution >= 4 is 16.9 Å². The van der Waals surface area contributed by atoms with Crippen LogP contribution in [-0.4, -0.2) is 36.4 Å². The molecular formula is C15H19N7O. The Balaban J connectivity index is 1.79. The Labute approximate surface area is 133 Å². The second kappa shape index (κ2) is 5.29. The standard InChI is InChI=1S/C15H19N7O/c1-4-12-19-13(20-23-12)11-6-5-7-22(11)15-10-8-16-21(3)14(10)17-9(2)18-15/h8,11H,4-7H2,1-3H3/t11-/m1/s1.